The summed E-state index contributed by atoms with van der Waals surface area (Å²) in [4.78, 5) is 8.61. The minimum Gasteiger partial charge on any atom is -0.495 e. The van der Waals surface area contributed by atoms with Gasteiger partial charge in [-0.3, -0.25) is 0 Å². The quantitative estimate of drug-likeness (QED) is 0.881. The van der Waals surface area contributed by atoms with E-state index in [1.807, 2.05) is 18.5 Å². The molecule has 0 fully saturated rings. The third-order valence-corrected chi connectivity index (χ3v) is 3.39. The molecule has 106 valence electrons. The van der Waals surface area contributed by atoms with Gasteiger partial charge in [0.05, 0.1) is 37.6 Å². The molecule has 1 aliphatic heterocycles. The second kappa shape index (κ2) is 5.92. The van der Waals surface area contributed by atoms with Crippen molar-refractivity contribution in [2.45, 2.75) is 19.5 Å². The summed E-state index contributed by atoms with van der Waals surface area (Å²) in [5.74, 6) is 1.34. The first-order chi connectivity index (χ1) is 9.86. The van der Waals surface area contributed by atoms with Crippen LogP contribution in [0.25, 0.3) is 0 Å². The molecule has 1 N–H and O–H groups in total. The van der Waals surface area contributed by atoms with E-state index in [0.29, 0.717) is 12.5 Å². The Bertz CT molecular complexity index is 565. The van der Waals surface area contributed by atoms with Gasteiger partial charge in [0, 0.05) is 25.6 Å². The highest BCUT2D eigenvalue weighted by Crippen LogP contribution is 2.14. The summed E-state index contributed by atoms with van der Waals surface area (Å²) < 4.78 is 12.8. The summed E-state index contributed by atoms with van der Waals surface area (Å²) in [7, 11) is 1.62. The van der Waals surface area contributed by atoms with E-state index in [9.17, 15) is 0 Å². The minimum atomic E-state index is 0.572. The van der Waals surface area contributed by atoms with E-state index in [1.54, 1.807) is 13.3 Å². The van der Waals surface area contributed by atoms with Crippen molar-refractivity contribution in [3.8, 4) is 11.6 Å². The highest BCUT2D eigenvalue weighted by Gasteiger charge is 2.14. The highest BCUT2D eigenvalue weighted by molar-refractivity contribution is 5.22. The molecule has 3 heterocycles. The van der Waals surface area contributed by atoms with E-state index < -0.39 is 0 Å². The van der Waals surface area contributed by atoms with Gasteiger partial charge in [-0.15, -0.1) is 0 Å². The Morgan fingerprint density at radius 1 is 1.35 bits per heavy atom. The zero-order valence-electron chi connectivity index (χ0n) is 11.5. The summed E-state index contributed by atoms with van der Waals surface area (Å²) in [6.07, 6.45) is 4.55. The zero-order valence-corrected chi connectivity index (χ0v) is 11.5. The smallest absolute Gasteiger partial charge is 0.213 e. The fourth-order valence-electron chi connectivity index (χ4n) is 2.29. The fraction of sp³-hybridized carbons (Fsp3) is 0.429. The lowest BCUT2D eigenvalue weighted by molar-refractivity contribution is 0.284. The van der Waals surface area contributed by atoms with Crippen LogP contribution in [0.2, 0.25) is 0 Å². The van der Waals surface area contributed by atoms with Crippen LogP contribution in [0.15, 0.2) is 24.7 Å². The number of nitrogens with zero attached hydrogens (tertiary/aromatic N) is 3. The maximum absolute atomic E-state index is 5.63. The van der Waals surface area contributed by atoms with Crippen LogP contribution in [0.5, 0.6) is 11.6 Å². The van der Waals surface area contributed by atoms with Crippen LogP contribution in [0.1, 0.15) is 11.4 Å². The van der Waals surface area contributed by atoms with Crippen molar-refractivity contribution < 1.29 is 9.47 Å². The van der Waals surface area contributed by atoms with Crippen molar-refractivity contribution in [3.05, 3.63) is 36.0 Å². The average Bonchev–Trinajstić information content (AvgIpc) is 2.92. The van der Waals surface area contributed by atoms with Crippen molar-refractivity contribution in [3.63, 3.8) is 0 Å². The van der Waals surface area contributed by atoms with Crippen LogP contribution in [0.4, 0.5) is 0 Å². The largest absolute Gasteiger partial charge is 0.495 e. The molecule has 0 aromatic carbocycles. The lowest BCUT2D eigenvalue weighted by atomic mass is 10.2. The molecule has 0 unspecified atom stereocenters. The maximum atomic E-state index is 5.63. The molecule has 1 aliphatic rings. The second-order valence-corrected chi connectivity index (χ2v) is 4.64. The van der Waals surface area contributed by atoms with Crippen molar-refractivity contribution in [2.24, 2.45) is 0 Å². The molecule has 6 heteroatoms. The highest BCUT2D eigenvalue weighted by atomic mass is 16.5. The number of fused-ring (bicyclic) bond motifs is 1. The zero-order chi connectivity index (χ0) is 13.8. The molecule has 0 amide bonds. The molecule has 0 radical (unpaired) electrons. The van der Waals surface area contributed by atoms with Crippen LogP contribution in [0, 0.1) is 0 Å². The number of imidazole rings is 1. The van der Waals surface area contributed by atoms with Crippen molar-refractivity contribution in [1.29, 1.82) is 0 Å². The third-order valence-electron chi connectivity index (χ3n) is 3.39. The van der Waals surface area contributed by atoms with Crippen LogP contribution >= 0.6 is 0 Å². The van der Waals surface area contributed by atoms with E-state index in [0.717, 1.165) is 31.8 Å². The van der Waals surface area contributed by atoms with Gasteiger partial charge in [-0.05, 0) is 6.07 Å². The summed E-state index contributed by atoms with van der Waals surface area (Å²) in [6, 6.07) is 3.65. The molecule has 2 aromatic rings. The number of aromatic nitrogens is 3. The van der Waals surface area contributed by atoms with Gasteiger partial charge in [-0.25, -0.2) is 9.97 Å². The summed E-state index contributed by atoms with van der Waals surface area (Å²) in [6.45, 7) is 3.24. The monoisotopic (exact) mass is 274 g/mol. The Morgan fingerprint density at radius 3 is 3.10 bits per heavy atom. The molecule has 6 nitrogen and oxygen atoms in total. The van der Waals surface area contributed by atoms with Crippen LogP contribution in [0.3, 0.4) is 0 Å². The molecule has 0 saturated heterocycles. The Morgan fingerprint density at radius 2 is 2.30 bits per heavy atom. The Hall–Kier alpha value is -2.08. The van der Waals surface area contributed by atoms with Crippen LogP contribution in [-0.4, -0.2) is 34.8 Å². The van der Waals surface area contributed by atoms with Gasteiger partial charge in [0.25, 0.3) is 0 Å². The summed E-state index contributed by atoms with van der Waals surface area (Å²) in [5, 5.41) is 3.36. The van der Waals surface area contributed by atoms with Gasteiger partial charge in [-0.1, -0.05) is 0 Å². The molecule has 0 saturated carbocycles. The van der Waals surface area contributed by atoms with Crippen LogP contribution in [-0.2, 0) is 19.5 Å². The van der Waals surface area contributed by atoms with Crippen molar-refractivity contribution in [2.75, 3.05) is 20.3 Å². The van der Waals surface area contributed by atoms with Crippen molar-refractivity contribution >= 4 is 0 Å². The van der Waals surface area contributed by atoms with Crippen LogP contribution < -0.4 is 14.8 Å². The lowest BCUT2D eigenvalue weighted by Gasteiger charge is -2.15. The summed E-state index contributed by atoms with van der Waals surface area (Å²) >= 11 is 0. The first-order valence-corrected chi connectivity index (χ1v) is 6.73. The first kappa shape index (κ1) is 12.9. The number of rotatable bonds is 5. The van der Waals surface area contributed by atoms with Gasteiger partial charge < -0.3 is 19.4 Å². The Balaban J connectivity index is 1.55. The second-order valence-electron chi connectivity index (χ2n) is 4.64. The number of methoxy groups -OCH3 is 1. The standard InChI is InChI=1S/C14H18N4O2/c1-19-11-2-3-14(16-8-11)20-7-6-18-10-17-12-4-5-15-9-13(12)18/h2-3,8,10,15H,4-7,9H2,1H3. The van der Waals surface area contributed by atoms with Crippen molar-refractivity contribution in [1.82, 2.24) is 19.9 Å². The molecular weight excluding hydrogens is 256 g/mol. The fourth-order valence-corrected chi connectivity index (χ4v) is 2.29. The number of hydrogen-bond acceptors (Lipinski definition) is 5. The Labute approximate surface area is 117 Å². The molecule has 0 atom stereocenters. The number of hydrogen-bond donors (Lipinski definition) is 1. The molecule has 0 spiro atoms. The lowest BCUT2D eigenvalue weighted by Crippen LogP contribution is -2.26. The van der Waals surface area contributed by atoms with Gasteiger partial charge in [0.1, 0.15) is 12.4 Å². The first-order valence-electron chi connectivity index (χ1n) is 6.73. The number of pyridine rings is 1. The molecule has 3 rings (SSSR count). The van der Waals surface area contributed by atoms with Gasteiger partial charge in [0.15, 0.2) is 0 Å². The van der Waals surface area contributed by atoms with E-state index >= 15 is 0 Å². The van der Waals surface area contributed by atoms with Gasteiger partial charge >= 0.3 is 0 Å². The molecule has 0 aliphatic carbocycles. The normalized spacial score (nSPS) is 13.8. The Kier molecular flexibility index (Phi) is 3.83. The molecular formula is C14H18N4O2. The summed E-state index contributed by atoms with van der Waals surface area (Å²) in [5.41, 5.74) is 2.47. The molecule has 0 bridgehead atoms. The topological polar surface area (TPSA) is 61.2 Å². The van der Waals surface area contributed by atoms with Gasteiger partial charge in [-0.2, -0.15) is 0 Å². The molecule has 2 aromatic heterocycles. The van der Waals surface area contributed by atoms with E-state index in [2.05, 4.69) is 19.9 Å². The van der Waals surface area contributed by atoms with E-state index in [1.165, 1.54) is 11.4 Å². The minimum absolute atomic E-state index is 0.572. The number of ether oxygens (including phenoxy) is 2. The average molecular weight is 274 g/mol. The van der Waals surface area contributed by atoms with E-state index in [4.69, 9.17) is 9.47 Å². The third kappa shape index (κ3) is 2.75. The van der Waals surface area contributed by atoms with E-state index in [-0.39, 0.29) is 0 Å². The molecule has 20 heavy (non-hydrogen) atoms. The predicted octanol–water partition coefficient (Wildman–Crippen LogP) is 1.01. The van der Waals surface area contributed by atoms with Gasteiger partial charge in [0.2, 0.25) is 5.88 Å². The predicted molar refractivity (Wildman–Crippen MR) is 73.9 cm³/mol. The number of nitrogens with one attached hydrogen (secondary N) is 1. The SMILES string of the molecule is COc1ccc(OCCn2cnc3c2CNCC3)nc1. The maximum Gasteiger partial charge on any atom is 0.213 e.